The lowest BCUT2D eigenvalue weighted by molar-refractivity contribution is 0.500. The van der Waals surface area contributed by atoms with Crippen molar-refractivity contribution >= 4 is 5.69 Å². The Morgan fingerprint density at radius 2 is 2.06 bits per heavy atom. The van der Waals surface area contributed by atoms with Crippen molar-refractivity contribution in [1.29, 1.82) is 0 Å². The van der Waals surface area contributed by atoms with Crippen LogP contribution in [-0.4, -0.2) is 25.7 Å². The van der Waals surface area contributed by atoms with Gasteiger partial charge in [0.25, 0.3) is 0 Å². The summed E-state index contributed by atoms with van der Waals surface area (Å²) in [5.41, 5.74) is 4.79. The van der Waals surface area contributed by atoms with Crippen LogP contribution in [0.1, 0.15) is 30.9 Å². The van der Waals surface area contributed by atoms with Crippen molar-refractivity contribution in [2.24, 2.45) is 5.41 Å². The molecule has 2 heteroatoms. The summed E-state index contributed by atoms with van der Waals surface area (Å²) in [7, 11) is 0. The average Bonchev–Trinajstić information content (AvgIpc) is 3.11. The summed E-state index contributed by atoms with van der Waals surface area (Å²) in [5.74, 6) is 0. The highest BCUT2D eigenvalue weighted by Crippen LogP contribution is 2.47. The van der Waals surface area contributed by atoms with E-state index in [-0.39, 0.29) is 0 Å². The van der Waals surface area contributed by atoms with Crippen LogP contribution in [0.3, 0.4) is 0 Å². The van der Waals surface area contributed by atoms with Gasteiger partial charge in [-0.2, -0.15) is 0 Å². The zero-order valence-electron chi connectivity index (χ0n) is 11.8. The Balaban J connectivity index is 1.94. The molecule has 2 aliphatic rings. The van der Waals surface area contributed by atoms with Gasteiger partial charge in [-0.15, -0.1) is 0 Å². The first-order valence-electron chi connectivity index (χ1n) is 7.14. The number of rotatable bonds is 1. The lowest BCUT2D eigenvalue weighted by atomic mass is 10.0. The summed E-state index contributed by atoms with van der Waals surface area (Å²) in [6.07, 6.45) is 2.79. The van der Waals surface area contributed by atoms with E-state index < -0.39 is 0 Å². The zero-order chi connectivity index (χ0) is 12.8. The lowest BCUT2D eigenvalue weighted by Crippen LogP contribution is -2.39. The van der Waals surface area contributed by atoms with E-state index >= 15 is 0 Å². The first kappa shape index (κ1) is 12.0. The fourth-order valence-corrected chi connectivity index (χ4v) is 3.09. The molecule has 98 valence electrons. The number of aryl methyl sites for hydroxylation is 2. The van der Waals surface area contributed by atoms with Crippen LogP contribution >= 0.6 is 0 Å². The highest BCUT2D eigenvalue weighted by molar-refractivity contribution is 5.56. The number of hydrogen-bond acceptors (Lipinski definition) is 2. The summed E-state index contributed by atoms with van der Waals surface area (Å²) in [5, 5.41) is 3.64. The molecule has 2 fully saturated rings. The van der Waals surface area contributed by atoms with E-state index in [0.717, 1.165) is 6.54 Å². The van der Waals surface area contributed by atoms with E-state index in [4.69, 9.17) is 0 Å². The van der Waals surface area contributed by atoms with Gasteiger partial charge in [0, 0.05) is 36.8 Å². The molecule has 1 aliphatic heterocycles. The molecule has 1 saturated heterocycles. The molecule has 1 aromatic carbocycles. The Bertz CT molecular complexity index is 448. The van der Waals surface area contributed by atoms with Gasteiger partial charge in [-0.3, -0.25) is 0 Å². The second-order valence-corrected chi connectivity index (χ2v) is 6.40. The molecule has 0 bridgehead atoms. The highest BCUT2D eigenvalue weighted by Gasteiger charge is 2.45. The Kier molecular flexibility index (Phi) is 2.86. The SMILES string of the molecule is Cc1ccc(C)c(N2CC3(CC3)CNCC2C)c1. The molecule has 1 spiro atoms. The Morgan fingerprint density at radius 1 is 1.28 bits per heavy atom. The largest absolute Gasteiger partial charge is 0.367 e. The normalized spacial score (nSPS) is 26.2. The Morgan fingerprint density at radius 3 is 2.78 bits per heavy atom. The summed E-state index contributed by atoms with van der Waals surface area (Å²) in [4.78, 5) is 2.63. The van der Waals surface area contributed by atoms with Crippen LogP contribution in [0, 0.1) is 19.3 Å². The fraction of sp³-hybridized carbons (Fsp3) is 0.625. The molecule has 1 aromatic rings. The van der Waals surface area contributed by atoms with Crippen molar-refractivity contribution in [3.63, 3.8) is 0 Å². The van der Waals surface area contributed by atoms with E-state index in [1.54, 1.807) is 0 Å². The van der Waals surface area contributed by atoms with Gasteiger partial charge < -0.3 is 10.2 Å². The Hall–Kier alpha value is -1.02. The van der Waals surface area contributed by atoms with Gasteiger partial charge in [-0.1, -0.05) is 12.1 Å². The van der Waals surface area contributed by atoms with Crippen LogP contribution in [0.15, 0.2) is 18.2 Å². The number of hydrogen-bond donors (Lipinski definition) is 1. The molecule has 1 heterocycles. The van der Waals surface area contributed by atoms with Gasteiger partial charge in [0.1, 0.15) is 0 Å². The Labute approximate surface area is 110 Å². The summed E-state index contributed by atoms with van der Waals surface area (Å²) in [6, 6.07) is 7.42. The van der Waals surface area contributed by atoms with E-state index in [9.17, 15) is 0 Å². The number of benzene rings is 1. The monoisotopic (exact) mass is 244 g/mol. The zero-order valence-corrected chi connectivity index (χ0v) is 11.8. The van der Waals surface area contributed by atoms with Gasteiger partial charge in [0.2, 0.25) is 0 Å². The van der Waals surface area contributed by atoms with E-state index in [1.165, 1.54) is 42.7 Å². The van der Waals surface area contributed by atoms with Gasteiger partial charge in [-0.25, -0.2) is 0 Å². The third-order valence-corrected chi connectivity index (χ3v) is 4.61. The van der Waals surface area contributed by atoms with E-state index in [1.807, 2.05) is 0 Å². The molecule has 1 saturated carbocycles. The van der Waals surface area contributed by atoms with Crippen LogP contribution in [-0.2, 0) is 0 Å². The number of nitrogens with one attached hydrogen (secondary N) is 1. The van der Waals surface area contributed by atoms with Crippen molar-refractivity contribution < 1.29 is 0 Å². The van der Waals surface area contributed by atoms with Crippen LogP contribution in [0.25, 0.3) is 0 Å². The lowest BCUT2D eigenvalue weighted by Gasteiger charge is -2.33. The average molecular weight is 244 g/mol. The topological polar surface area (TPSA) is 15.3 Å². The second-order valence-electron chi connectivity index (χ2n) is 6.40. The molecule has 1 N–H and O–H groups in total. The van der Waals surface area contributed by atoms with Gasteiger partial charge in [0.15, 0.2) is 0 Å². The van der Waals surface area contributed by atoms with Gasteiger partial charge >= 0.3 is 0 Å². The molecule has 2 nitrogen and oxygen atoms in total. The molecular formula is C16H24N2. The minimum atomic E-state index is 0.570. The maximum atomic E-state index is 3.64. The molecule has 1 unspecified atom stereocenters. The summed E-state index contributed by atoms with van der Waals surface area (Å²) >= 11 is 0. The molecule has 1 atom stereocenters. The summed E-state index contributed by atoms with van der Waals surface area (Å²) in [6.45, 7) is 10.3. The van der Waals surface area contributed by atoms with Crippen molar-refractivity contribution in [3.05, 3.63) is 29.3 Å². The standard InChI is InChI=1S/C16H24N2/c1-12-4-5-13(2)15(8-12)18-11-16(6-7-16)10-17-9-14(18)3/h4-5,8,14,17H,6-7,9-11H2,1-3H3. The molecular weight excluding hydrogens is 220 g/mol. The fourth-order valence-electron chi connectivity index (χ4n) is 3.09. The quantitative estimate of drug-likeness (QED) is 0.817. The summed E-state index contributed by atoms with van der Waals surface area (Å²) < 4.78 is 0. The first-order chi connectivity index (χ1) is 8.60. The van der Waals surface area contributed by atoms with Crippen molar-refractivity contribution in [1.82, 2.24) is 5.32 Å². The van der Waals surface area contributed by atoms with Crippen LogP contribution in [0.4, 0.5) is 5.69 Å². The van der Waals surface area contributed by atoms with Crippen molar-refractivity contribution in [2.45, 2.75) is 39.7 Å². The van der Waals surface area contributed by atoms with Crippen LogP contribution in [0.2, 0.25) is 0 Å². The third-order valence-electron chi connectivity index (χ3n) is 4.61. The minimum Gasteiger partial charge on any atom is -0.367 e. The number of anilines is 1. The minimum absolute atomic E-state index is 0.570. The van der Waals surface area contributed by atoms with Crippen molar-refractivity contribution in [3.8, 4) is 0 Å². The maximum Gasteiger partial charge on any atom is 0.0401 e. The third kappa shape index (κ3) is 2.14. The molecule has 3 rings (SSSR count). The molecule has 0 aromatic heterocycles. The van der Waals surface area contributed by atoms with Crippen LogP contribution < -0.4 is 10.2 Å². The van der Waals surface area contributed by atoms with E-state index in [0.29, 0.717) is 11.5 Å². The smallest absolute Gasteiger partial charge is 0.0401 e. The maximum absolute atomic E-state index is 3.64. The second kappa shape index (κ2) is 4.27. The molecule has 0 amide bonds. The van der Waals surface area contributed by atoms with Gasteiger partial charge in [-0.05, 0) is 50.8 Å². The van der Waals surface area contributed by atoms with Crippen molar-refractivity contribution in [2.75, 3.05) is 24.5 Å². The number of nitrogens with zero attached hydrogens (tertiary/aromatic N) is 1. The highest BCUT2D eigenvalue weighted by atomic mass is 15.2. The van der Waals surface area contributed by atoms with Gasteiger partial charge in [0.05, 0.1) is 0 Å². The predicted octanol–water partition coefficient (Wildman–Crippen LogP) is 2.88. The molecule has 18 heavy (non-hydrogen) atoms. The van der Waals surface area contributed by atoms with E-state index in [2.05, 4.69) is 49.2 Å². The molecule has 1 aliphatic carbocycles. The molecule has 0 radical (unpaired) electrons. The van der Waals surface area contributed by atoms with Crippen LogP contribution in [0.5, 0.6) is 0 Å². The predicted molar refractivity (Wildman–Crippen MR) is 77.3 cm³/mol. The first-order valence-corrected chi connectivity index (χ1v) is 7.14.